The minimum atomic E-state index is -1.45. The van der Waals surface area contributed by atoms with Crippen LogP contribution in [0.2, 0.25) is 5.02 Å². The summed E-state index contributed by atoms with van der Waals surface area (Å²) in [5, 5.41) is 26.0. The first kappa shape index (κ1) is 18.3. The summed E-state index contributed by atoms with van der Waals surface area (Å²) in [6, 6.07) is 4.40. The second-order valence-electron chi connectivity index (χ2n) is 6.59. The number of aliphatic hydroxyl groups is 1. The van der Waals surface area contributed by atoms with E-state index in [1.165, 1.54) is 25.3 Å². The molecule has 1 atom stereocenters. The average Bonchev–Trinajstić information content (AvgIpc) is 3.26. The van der Waals surface area contributed by atoms with Crippen LogP contribution in [0.4, 0.5) is 4.39 Å². The van der Waals surface area contributed by atoms with Crippen LogP contribution in [0.15, 0.2) is 36.8 Å². The van der Waals surface area contributed by atoms with E-state index in [0.29, 0.717) is 27.5 Å². The van der Waals surface area contributed by atoms with Crippen LogP contribution in [0.5, 0.6) is 5.75 Å². The molecule has 8 nitrogen and oxygen atoms in total. The molecule has 0 aromatic carbocycles. The van der Waals surface area contributed by atoms with Crippen molar-refractivity contribution in [2.24, 2.45) is 0 Å². The maximum atomic E-state index is 13.1. The van der Waals surface area contributed by atoms with E-state index in [1.54, 1.807) is 16.8 Å². The highest BCUT2D eigenvalue weighted by molar-refractivity contribution is 6.34. The number of ether oxygens (including phenoxy) is 1. The molecule has 0 bridgehead atoms. The number of rotatable bonds is 5. The van der Waals surface area contributed by atoms with Crippen molar-refractivity contribution in [2.75, 3.05) is 6.61 Å². The minimum absolute atomic E-state index is 0.135. The highest BCUT2D eigenvalue weighted by atomic mass is 35.5. The second-order valence-corrected chi connectivity index (χ2v) is 7.00. The highest BCUT2D eigenvalue weighted by Crippen LogP contribution is 2.33. The Kier molecular flexibility index (Phi) is 4.48. The maximum absolute atomic E-state index is 13.1. The van der Waals surface area contributed by atoms with Gasteiger partial charge in [-0.25, -0.2) is 8.91 Å². The first-order valence-electron chi connectivity index (χ1n) is 8.37. The van der Waals surface area contributed by atoms with Crippen LogP contribution < -0.4 is 4.74 Å². The van der Waals surface area contributed by atoms with Crippen molar-refractivity contribution in [1.82, 2.24) is 30.0 Å². The van der Waals surface area contributed by atoms with E-state index in [0.717, 1.165) is 11.9 Å². The molecule has 0 aliphatic heterocycles. The van der Waals surface area contributed by atoms with E-state index < -0.39 is 11.4 Å². The van der Waals surface area contributed by atoms with Crippen LogP contribution in [0, 0.1) is 12.7 Å². The lowest BCUT2D eigenvalue weighted by molar-refractivity contribution is 0.00420. The molecule has 28 heavy (non-hydrogen) atoms. The molecule has 4 rings (SSSR count). The number of nitrogens with one attached hydrogen (secondary N) is 1. The van der Waals surface area contributed by atoms with Gasteiger partial charge in [0.2, 0.25) is 0 Å². The number of fused-ring (bicyclic) bond motifs is 1. The summed E-state index contributed by atoms with van der Waals surface area (Å²) in [6.45, 7) is 3.25. The molecule has 2 N–H and O–H groups in total. The number of aromatic amines is 1. The fourth-order valence-corrected chi connectivity index (χ4v) is 3.05. The van der Waals surface area contributed by atoms with Gasteiger partial charge in [-0.15, -0.1) is 5.10 Å². The van der Waals surface area contributed by atoms with Crippen LogP contribution in [0.25, 0.3) is 16.8 Å². The molecule has 0 spiro atoms. The second kappa shape index (κ2) is 6.84. The molecule has 0 fully saturated rings. The summed E-state index contributed by atoms with van der Waals surface area (Å²) in [4.78, 5) is 3.93. The molecule has 1 unspecified atom stereocenters. The molecule has 0 aliphatic carbocycles. The number of aromatic nitrogens is 6. The predicted molar refractivity (Wildman–Crippen MR) is 99.6 cm³/mol. The molecule has 10 heteroatoms. The normalized spacial score (nSPS) is 13.6. The summed E-state index contributed by atoms with van der Waals surface area (Å²) in [7, 11) is 0. The Morgan fingerprint density at radius 1 is 1.36 bits per heavy atom. The Balaban J connectivity index is 1.70. The van der Waals surface area contributed by atoms with Gasteiger partial charge in [-0.05, 0) is 32.0 Å². The van der Waals surface area contributed by atoms with E-state index in [-0.39, 0.29) is 12.3 Å². The first-order chi connectivity index (χ1) is 13.3. The molecular weight excluding hydrogens is 387 g/mol. The Morgan fingerprint density at radius 2 is 2.18 bits per heavy atom. The lowest BCUT2D eigenvalue weighted by Crippen LogP contribution is -2.30. The van der Waals surface area contributed by atoms with Gasteiger partial charge in [0, 0.05) is 11.8 Å². The van der Waals surface area contributed by atoms with Gasteiger partial charge in [-0.1, -0.05) is 16.8 Å². The van der Waals surface area contributed by atoms with Gasteiger partial charge >= 0.3 is 0 Å². The fraction of sp³-hybridized carbons (Fsp3) is 0.222. The fourth-order valence-electron chi connectivity index (χ4n) is 2.83. The zero-order valence-electron chi connectivity index (χ0n) is 15.0. The Labute approximate surface area is 163 Å². The quantitative estimate of drug-likeness (QED) is 0.532. The number of pyridine rings is 2. The van der Waals surface area contributed by atoms with Crippen LogP contribution >= 0.6 is 11.6 Å². The van der Waals surface area contributed by atoms with Gasteiger partial charge in [0.25, 0.3) is 0 Å². The van der Waals surface area contributed by atoms with E-state index in [4.69, 9.17) is 16.3 Å². The Morgan fingerprint density at radius 3 is 2.86 bits per heavy atom. The molecule has 4 heterocycles. The summed E-state index contributed by atoms with van der Waals surface area (Å²) < 4.78 is 20.6. The van der Waals surface area contributed by atoms with Gasteiger partial charge in [0.05, 0.1) is 28.8 Å². The molecule has 0 aliphatic rings. The van der Waals surface area contributed by atoms with E-state index in [2.05, 4.69) is 25.5 Å². The summed E-state index contributed by atoms with van der Waals surface area (Å²) in [5.74, 6) is -0.0753. The molecule has 0 amide bonds. The average molecular weight is 403 g/mol. The van der Waals surface area contributed by atoms with E-state index in [1.807, 2.05) is 6.92 Å². The van der Waals surface area contributed by atoms with Gasteiger partial charge in [-0.3, -0.25) is 10.1 Å². The zero-order chi connectivity index (χ0) is 19.9. The number of hydrogen-bond acceptors (Lipinski definition) is 6. The van der Waals surface area contributed by atoms with Crippen molar-refractivity contribution in [3.63, 3.8) is 0 Å². The van der Waals surface area contributed by atoms with Crippen molar-refractivity contribution in [2.45, 2.75) is 19.4 Å². The zero-order valence-corrected chi connectivity index (χ0v) is 15.8. The molecule has 0 radical (unpaired) electrons. The van der Waals surface area contributed by atoms with Crippen molar-refractivity contribution in [1.29, 1.82) is 0 Å². The van der Waals surface area contributed by atoms with Gasteiger partial charge in [-0.2, -0.15) is 5.10 Å². The lowest BCUT2D eigenvalue weighted by Gasteiger charge is -2.23. The van der Waals surface area contributed by atoms with Crippen LogP contribution in [0.3, 0.4) is 0 Å². The molecule has 0 saturated heterocycles. The lowest BCUT2D eigenvalue weighted by atomic mass is 10.0. The molecule has 144 valence electrons. The van der Waals surface area contributed by atoms with Gasteiger partial charge < -0.3 is 9.84 Å². The third kappa shape index (κ3) is 3.30. The van der Waals surface area contributed by atoms with Crippen LogP contribution in [-0.2, 0) is 5.60 Å². The smallest absolute Gasteiger partial charge is 0.147 e. The largest absolute Gasteiger partial charge is 0.488 e. The Bertz CT molecular complexity index is 1140. The molecule has 4 aromatic rings. The van der Waals surface area contributed by atoms with E-state index in [9.17, 15) is 9.50 Å². The molecule has 4 aromatic heterocycles. The predicted octanol–water partition coefficient (Wildman–Crippen LogP) is 2.90. The monoisotopic (exact) mass is 402 g/mol. The van der Waals surface area contributed by atoms with Crippen molar-refractivity contribution >= 4 is 17.1 Å². The summed E-state index contributed by atoms with van der Waals surface area (Å²) >= 11 is 6.26. The number of H-pyrrole nitrogens is 1. The van der Waals surface area contributed by atoms with Gasteiger partial charge in [0.1, 0.15) is 35.0 Å². The number of halogens is 2. The molecule has 0 saturated carbocycles. The van der Waals surface area contributed by atoms with Crippen molar-refractivity contribution < 1.29 is 14.2 Å². The number of nitrogens with zero attached hydrogens (tertiary/aromatic N) is 5. The topological polar surface area (TPSA) is 101 Å². The summed E-state index contributed by atoms with van der Waals surface area (Å²) in [5.41, 5.74) is 1.53. The standard InChI is InChI=1S/C18H16ClFN6O2/c1-10-16(24-25-23-10)11-5-14(17-13(19)7-22-26(17)8-11)28-9-18(2,27)15-4-3-12(20)6-21-15/h3-8,27H,9H2,1-2H3,(H,23,24,25). The van der Waals surface area contributed by atoms with E-state index >= 15 is 0 Å². The first-order valence-corrected chi connectivity index (χ1v) is 8.75. The van der Waals surface area contributed by atoms with Crippen LogP contribution in [0.1, 0.15) is 18.3 Å². The SMILES string of the molecule is Cc1[nH]nnc1-c1cc(OCC(C)(O)c2ccc(F)cn2)c2c(Cl)cnn2c1. The molecular formula is C18H16ClFN6O2. The highest BCUT2D eigenvalue weighted by Gasteiger charge is 2.27. The third-order valence-electron chi connectivity index (χ3n) is 4.32. The number of aryl methyl sites for hydroxylation is 1. The van der Waals surface area contributed by atoms with Crippen molar-refractivity contribution in [3.8, 4) is 17.0 Å². The number of hydrogen-bond donors (Lipinski definition) is 2. The maximum Gasteiger partial charge on any atom is 0.147 e. The third-order valence-corrected chi connectivity index (χ3v) is 4.59. The van der Waals surface area contributed by atoms with Gasteiger partial charge in [0.15, 0.2) is 0 Å². The van der Waals surface area contributed by atoms with Crippen LogP contribution in [-0.4, -0.2) is 41.7 Å². The minimum Gasteiger partial charge on any atom is -0.488 e. The van der Waals surface area contributed by atoms with Crippen molar-refractivity contribution in [3.05, 3.63) is 59.0 Å². The summed E-state index contributed by atoms with van der Waals surface area (Å²) in [6.07, 6.45) is 4.31. The Hall–Kier alpha value is -3.04.